The summed E-state index contributed by atoms with van der Waals surface area (Å²) in [5, 5.41) is 10.3. The van der Waals surface area contributed by atoms with Gasteiger partial charge in [0.05, 0.1) is 26.9 Å². The number of hydrogen-bond acceptors (Lipinski definition) is 7. The number of aliphatic carboxylic acids is 1. The van der Waals surface area contributed by atoms with Gasteiger partial charge < -0.3 is 28.8 Å². The predicted octanol–water partition coefficient (Wildman–Crippen LogP) is 4.40. The van der Waals surface area contributed by atoms with Gasteiger partial charge in [-0.25, -0.2) is 4.79 Å². The summed E-state index contributed by atoms with van der Waals surface area (Å²) in [4.78, 5) is 26.5. The number of carbonyl (C=O) groups is 2. The van der Waals surface area contributed by atoms with Crippen LogP contribution in [0.2, 0.25) is 0 Å². The van der Waals surface area contributed by atoms with Gasteiger partial charge in [0, 0.05) is 17.6 Å². The number of carboxylic acids is 1. The molecule has 0 saturated carbocycles. The number of rotatable bonds is 9. The summed E-state index contributed by atoms with van der Waals surface area (Å²) in [6.45, 7) is 0.0478. The Bertz CT molecular complexity index is 1270. The zero-order valence-electron chi connectivity index (χ0n) is 19.5. The summed E-state index contributed by atoms with van der Waals surface area (Å²) in [5.41, 5.74) is 1.27. The molecule has 1 heterocycles. The number of allylic oxidation sites excluding steroid dienone is 1. The summed E-state index contributed by atoms with van der Waals surface area (Å²) in [6.07, 6.45) is 0.0897. The molecule has 0 radical (unpaired) electrons. The van der Waals surface area contributed by atoms with E-state index in [1.54, 1.807) is 18.2 Å². The van der Waals surface area contributed by atoms with Crippen molar-refractivity contribution in [2.75, 3.05) is 28.1 Å². The molecule has 0 unspecified atom stereocenters. The van der Waals surface area contributed by atoms with Gasteiger partial charge in [0.2, 0.25) is 12.5 Å². The molecule has 8 nitrogen and oxygen atoms in total. The van der Waals surface area contributed by atoms with Gasteiger partial charge in [-0.2, -0.15) is 0 Å². The summed E-state index contributed by atoms with van der Waals surface area (Å²) < 4.78 is 26.9. The minimum absolute atomic E-state index is 0.0478. The fourth-order valence-corrected chi connectivity index (χ4v) is 3.95. The Morgan fingerprint density at radius 2 is 1.49 bits per heavy atom. The Balaban J connectivity index is 1.92. The van der Waals surface area contributed by atoms with Crippen LogP contribution in [0.1, 0.15) is 21.5 Å². The summed E-state index contributed by atoms with van der Waals surface area (Å²) >= 11 is 0. The first kappa shape index (κ1) is 23.7. The molecular weight excluding hydrogens is 452 g/mol. The molecule has 180 valence electrons. The SMILES string of the molecule is COc1cc(C(=O)/C(Cc2ccccc2)=C(\C(=O)O)c2ccc3c(c2)OCO3)cc(OC)c1OC. The van der Waals surface area contributed by atoms with Crippen molar-refractivity contribution < 1.29 is 38.4 Å². The highest BCUT2D eigenvalue weighted by molar-refractivity contribution is 6.26. The Morgan fingerprint density at radius 3 is 2.09 bits per heavy atom. The maximum Gasteiger partial charge on any atom is 0.336 e. The van der Waals surface area contributed by atoms with Gasteiger partial charge in [-0.05, 0) is 35.4 Å². The molecule has 1 aliphatic heterocycles. The van der Waals surface area contributed by atoms with Crippen molar-refractivity contribution in [2.45, 2.75) is 6.42 Å². The Morgan fingerprint density at radius 1 is 0.829 bits per heavy atom. The van der Waals surface area contributed by atoms with Crippen LogP contribution in [-0.4, -0.2) is 45.0 Å². The van der Waals surface area contributed by atoms with E-state index in [0.29, 0.717) is 22.8 Å². The van der Waals surface area contributed by atoms with Crippen LogP contribution in [0.15, 0.2) is 66.2 Å². The second-order valence-corrected chi connectivity index (χ2v) is 7.63. The van der Waals surface area contributed by atoms with Crippen molar-refractivity contribution >= 4 is 17.3 Å². The number of carbonyl (C=O) groups excluding carboxylic acids is 1. The maximum absolute atomic E-state index is 13.9. The third-order valence-corrected chi connectivity index (χ3v) is 5.60. The Labute approximate surface area is 202 Å². The number of methoxy groups -OCH3 is 3. The number of benzene rings is 3. The molecule has 0 bridgehead atoms. The van der Waals surface area contributed by atoms with Crippen molar-refractivity contribution in [3.8, 4) is 28.7 Å². The smallest absolute Gasteiger partial charge is 0.336 e. The topological polar surface area (TPSA) is 101 Å². The quantitative estimate of drug-likeness (QED) is 0.358. The first-order valence-corrected chi connectivity index (χ1v) is 10.7. The summed E-state index contributed by atoms with van der Waals surface area (Å²) in [5.74, 6) is 0.108. The van der Waals surface area contributed by atoms with E-state index in [4.69, 9.17) is 23.7 Å². The molecule has 0 aromatic heterocycles. The molecule has 3 aromatic rings. The van der Waals surface area contributed by atoms with E-state index >= 15 is 0 Å². The van der Waals surface area contributed by atoms with E-state index in [0.717, 1.165) is 5.56 Å². The minimum atomic E-state index is -1.24. The van der Waals surface area contributed by atoms with Crippen molar-refractivity contribution in [3.05, 3.63) is 82.9 Å². The predicted molar refractivity (Wildman–Crippen MR) is 128 cm³/mol. The number of Topliss-reactive ketones (excluding diaryl/α,β-unsaturated/α-hetero) is 1. The van der Waals surface area contributed by atoms with Crippen LogP contribution in [0.5, 0.6) is 28.7 Å². The van der Waals surface area contributed by atoms with Gasteiger partial charge >= 0.3 is 5.97 Å². The molecule has 0 amide bonds. The van der Waals surface area contributed by atoms with E-state index in [2.05, 4.69) is 0 Å². The fraction of sp³-hybridized carbons (Fsp3) is 0.185. The van der Waals surface area contributed by atoms with Crippen molar-refractivity contribution in [1.82, 2.24) is 0 Å². The van der Waals surface area contributed by atoms with Gasteiger partial charge in [0.15, 0.2) is 28.8 Å². The first-order chi connectivity index (χ1) is 17.0. The fourth-order valence-electron chi connectivity index (χ4n) is 3.95. The van der Waals surface area contributed by atoms with E-state index in [1.165, 1.54) is 33.5 Å². The van der Waals surface area contributed by atoms with Gasteiger partial charge in [-0.3, -0.25) is 4.79 Å². The first-order valence-electron chi connectivity index (χ1n) is 10.7. The molecule has 0 spiro atoms. The zero-order valence-corrected chi connectivity index (χ0v) is 19.5. The minimum Gasteiger partial charge on any atom is -0.493 e. The number of carboxylic acid groups (broad SMARTS) is 1. The van der Waals surface area contributed by atoms with E-state index in [9.17, 15) is 14.7 Å². The molecule has 1 N–H and O–H groups in total. The molecule has 35 heavy (non-hydrogen) atoms. The van der Waals surface area contributed by atoms with Crippen LogP contribution < -0.4 is 23.7 Å². The van der Waals surface area contributed by atoms with Crippen LogP contribution in [0, 0.1) is 0 Å². The average molecular weight is 476 g/mol. The van der Waals surface area contributed by atoms with Crippen LogP contribution in [0.25, 0.3) is 5.57 Å². The number of ether oxygens (including phenoxy) is 5. The van der Waals surface area contributed by atoms with E-state index in [1.807, 2.05) is 30.3 Å². The lowest BCUT2D eigenvalue weighted by atomic mass is 9.89. The molecule has 0 atom stereocenters. The van der Waals surface area contributed by atoms with Crippen LogP contribution in [0.3, 0.4) is 0 Å². The Hall–Kier alpha value is -4.46. The molecule has 0 fully saturated rings. The Kier molecular flexibility index (Phi) is 6.91. The molecule has 1 aliphatic rings. The average Bonchev–Trinajstić information content (AvgIpc) is 3.35. The van der Waals surface area contributed by atoms with Crippen LogP contribution >= 0.6 is 0 Å². The summed E-state index contributed by atoms with van der Waals surface area (Å²) in [6, 6.07) is 17.0. The number of hydrogen-bond donors (Lipinski definition) is 1. The van der Waals surface area contributed by atoms with Crippen molar-refractivity contribution in [1.29, 1.82) is 0 Å². The molecule has 0 saturated heterocycles. The van der Waals surface area contributed by atoms with Crippen molar-refractivity contribution in [3.63, 3.8) is 0 Å². The maximum atomic E-state index is 13.9. The highest BCUT2D eigenvalue weighted by Gasteiger charge is 2.27. The van der Waals surface area contributed by atoms with E-state index in [-0.39, 0.29) is 41.4 Å². The molecular formula is C27H24O8. The van der Waals surface area contributed by atoms with Gasteiger partial charge in [-0.1, -0.05) is 36.4 Å². The zero-order chi connectivity index (χ0) is 24.9. The normalized spacial score (nSPS) is 12.5. The number of ketones is 1. The summed E-state index contributed by atoms with van der Waals surface area (Å²) in [7, 11) is 4.36. The third kappa shape index (κ3) is 4.77. The van der Waals surface area contributed by atoms with Crippen LogP contribution in [-0.2, 0) is 11.2 Å². The molecule has 8 heteroatoms. The van der Waals surface area contributed by atoms with Gasteiger partial charge in [0.25, 0.3) is 0 Å². The van der Waals surface area contributed by atoms with Crippen molar-refractivity contribution in [2.24, 2.45) is 0 Å². The second-order valence-electron chi connectivity index (χ2n) is 7.63. The lowest BCUT2D eigenvalue weighted by Gasteiger charge is -2.16. The molecule has 0 aliphatic carbocycles. The van der Waals surface area contributed by atoms with Gasteiger partial charge in [0.1, 0.15) is 0 Å². The highest BCUT2D eigenvalue weighted by Crippen LogP contribution is 2.40. The lowest BCUT2D eigenvalue weighted by Crippen LogP contribution is -2.14. The third-order valence-electron chi connectivity index (χ3n) is 5.60. The largest absolute Gasteiger partial charge is 0.493 e. The molecule has 4 rings (SSSR count). The second kappa shape index (κ2) is 10.2. The standard InChI is InChI=1S/C27H24O8/c1-31-22-13-18(14-23(32-2)26(22)33-3)25(28)19(11-16-7-5-4-6-8-16)24(27(29)30)17-9-10-20-21(12-17)35-15-34-20/h4-10,12-14H,11,15H2,1-3H3,(H,29,30)/b24-19-. The highest BCUT2D eigenvalue weighted by atomic mass is 16.7. The monoisotopic (exact) mass is 476 g/mol. The lowest BCUT2D eigenvalue weighted by molar-refractivity contribution is -0.130. The number of fused-ring (bicyclic) bond motifs is 1. The molecule has 3 aromatic carbocycles. The van der Waals surface area contributed by atoms with E-state index < -0.39 is 11.8 Å². The van der Waals surface area contributed by atoms with Crippen LogP contribution in [0.4, 0.5) is 0 Å². The van der Waals surface area contributed by atoms with Gasteiger partial charge in [-0.15, -0.1) is 0 Å².